The van der Waals surface area contributed by atoms with E-state index in [1.807, 2.05) is 77.6 Å². The van der Waals surface area contributed by atoms with E-state index in [-0.39, 0.29) is 12.5 Å². The molecule has 5 aromatic rings. The molecule has 2 heterocycles. The van der Waals surface area contributed by atoms with Crippen LogP contribution < -0.4 is 10.1 Å². The van der Waals surface area contributed by atoms with Crippen LogP contribution in [0.3, 0.4) is 0 Å². The summed E-state index contributed by atoms with van der Waals surface area (Å²) in [5.74, 6) is 1.13. The molecule has 35 heavy (non-hydrogen) atoms. The minimum absolute atomic E-state index is 0.197. The van der Waals surface area contributed by atoms with Gasteiger partial charge in [-0.3, -0.25) is 9.36 Å². The Morgan fingerprint density at radius 2 is 1.86 bits per heavy atom. The van der Waals surface area contributed by atoms with Crippen LogP contribution in [0.15, 0.2) is 78.0 Å². The Hall–Kier alpha value is -3.75. The molecule has 2 aromatic heterocycles. The van der Waals surface area contributed by atoms with Crippen molar-refractivity contribution in [2.45, 2.75) is 11.7 Å². The molecule has 0 spiro atoms. The number of halogens is 1. The summed E-state index contributed by atoms with van der Waals surface area (Å²) in [6.07, 6.45) is 1.94. The van der Waals surface area contributed by atoms with E-state index in [1.165, 1.54) is 11.8 Å². The SMILES string of the molecule is COc1ccc(-n2c(CNC(=O)c3[nH]c4ccc(Cl)cc4c3-c3ccccc3)nnc2SC)cc1. The average Bonchev–Trinajstić information content (AvgIpc) is 3.49. The fourth-order valence-corrected chi connectivity index (χ4v) is 4.71. The Morgan fingerprint density at radius 1 is 1.09 bits per heavy atom. The molecule has 7 nitrogen and oxygen atoms in total. The molecule has 3 aromatic carbocycles. The van der Waals surface area contributed by atoms with Crippen molar-refractivity contribution >= 4 is 40.2 Å². The smallest absolute Gasteiger partial charge is 0.268 e. The lowest BCUT2D eigenvalue weighted by Gasteiger charge is -2.11. The van der Waals surface area contributed by atoms with Gasteiger partial charge in [0.25, 0.3) is 5.91 Å². The van der Waals surface area contributed by atoms with Gasteiger partial charge in [-0.05, 0) is 54.3 Å². The predicted octanol–water partition coefficient (Wildman–Crippen LogP) is 5.73. The minimum Gasteiger partial charge on any atom is -0.497 e. The largest absolute Gasteiger partial charge is 0.497 e. The number of carbonyl (C=O) groups is 1. The number of nitrogens with zero attached hydrogens (tertiary/aromatic N) is 3. The normalized spacial score (nSPS) is 11.1. The molecule has 0 aliphatic heterocycles. The zero-order chi connectivity index (χ0) is 24.4. The summed E-state index contributed by atoms with van der Waals surface area (Å²) >= 11 is 7.76. The van der Waals surface area contributed by atoms with Gasteiger partial charge in [-0.25, -0.2) is 0 Å². The number of methoxy groups -OCH3 is 1. The Morgan fingerprint density at radius 3 is 2.57 bits per heavy atom. The van der Waals surface area contributed by atoms with E-state index in [2.05, 4.69) is 20.5 Å². The molecule has 0 fully saturated rings. The Balaban J connectivity index is 1.48. The number of hydrogen-bond acceptors (Lipinski definition) is 5. The quantitative estimate of drug-likeness (QED) is 0.277. The van der Waals surface area contributed by atoms with Gasteiger partial charge < -0.3 is 15.0 Å². The fourth-order valence-electron chi connectivity index (χ4n) is 4.02. The van der Waals surface area contributed by atoms with Gasteiger partial charge in [0.05, 0.1) is 13.7 Å². The number of H-pyrrole nitrogens is 1. The van der Waals surface area contributed by atoms with Crippen LogP contribution in [-0.4, -0.2) is 39.0 Å². The lowest BCUT2D eigenvalue weighted by molar-refractivity contribution is 0.0946. The van der Waals surface area contributed by atoms with E-state index in [4.69, 9.17) is 16.3 Å². The maximum Gasteiger partial charge on any atom is 0.268 e. The van der Waals surface area contributed by atoms with E-state index >= 15 is 0 Å². The third-order valence-corrected chi connectivity index (χ3v) is 6.54. The maximum absolute atomic E-state index is 13.4. The van der Waals surface area contributed by atoms with Gasteiger partial charge in [-0.2, -0.15) is 0 Å². The first-order valence-electron chi connectivity index (χ1n) is 10.9. The number of carbonyl (C=O) groups excluding carboxylic acids is 1. The first-order chi connectivity index (χ1) is 17.1. The Kier molecular flexibility index (Phi) is 6.48. The van der Waals surface area contributed by atoms with E-state index in [9.17, 15) is 4.79 Å². The second-order valence-electron chi connectivity index (χ2n) is 7.75. The van der Waals surface area contributed by atoms with E-state index in [1.54, 1.807) is 13.2 Å². The first-order valence-corrected chi connectivity index (χ1v) is 12.5. The highest BCUT2D eigenvalue weighted by atomic mass is 35.5. The summed E-state index contributed by atoms with van der Waals surface area (Å²) in [5, 5.41) is 13.8. The van der Waals surface area contributed by atoms with Crippen LogP contribution in [0.25, 0.3) is 27.7 Å². The number of amides is 1. The third kappa shape index (κ3) is 4.50. The summed E-state index contributed by atoms with van der Waals surface area (Å²) in [4.78, 5) is 16.7. The number of benzene rings is 3. The van der Waals surface area contributed by atoms with Gasteiger partial charge in [0.15, 0.2) is 11.0 Å². The minimum atomic E-state index is -0.244. The van der Waals surface area contributed by atoms with Crippen molar-refractivity contribution in [2.24, 2.45) is 0 Å². The molecule has 176 valence electrons. The standard InChI is InChI=1S/C26H22ClN5O2S/c1-34-19-11-9-18(10-12-19)32-22(30-31-26(32)35-2)15-28-25(33)24-23(16-6-4-3-5-7-16)20-14-17(27)8-13-21(20)29-24/h3-14,29H,15H2,1-2H3,(H,28,33). The number of thioether (sulfide) groups is 1. The summed E-state index contributed by atoms with van der Waals surface area (Å²) in [5.41, 5.74) is 3.92. The van der Waals surface area contributed by atoms with Crippen molar-refractivity contribution in [3.05, 3.63) is 89.3 Å². The van der Waals surface area contributed by atoms with Gasteiger partial charge in [-0.1, -0.05) is 53.7 Å². The average molecular weight is 504 g/mol. The highest BCUT2D eigenvalue weighted by Gasteiger charge is 2.21. The molecule has 1 amide bonds. The molecule has 0 aliphatic rings. The molecule has 2 N–H and O–H groups in total. The zero-order valence-electron chi connectivity index (χ0n) is 19.1. The van der Waals surface area contributed by atoms with E-state index in [0.29, 0.717) is 16.5 Å². The molecule has 9 heteroatoms. The van der Waals surface area contributed by atoms with Gasteiger partial charge >= 0.3 is 0 Å². The van der Waals surface area contributed by atoms with Crippen LogP contribution >= 0.6 is 23.4 Å². The molecular weight excluding hydrogens is 482 g/mol. The predicted molar refractivity (Wildman–Crippen MR) is 140 cm³/mol. The number of aromatic amines is 1. The number of fused-ring (bicyclic) bond motifs is 1. The van der Waals surface area contributed by atoms with E-state index < -0.39 is 0 Å². The second kappa shape index (κ2) is 9.85. The second-order valence-corrected chi connectivity index (χ2v) is 8.96. The van der Waals surface area contributed by atoms with Crippen LogP contribution in [0, 0.1) is 0 Å². The van der Waals surface area contributed by atoms with Crippen molar-refractivity contribution in [2.75, 3.05) is 13.4 Å². The molecular formula is C26H22ClN5O2S. The number of nitrogens with one attached hydrogen (secondary N) is 2. The number of hydrogen-bond donors (Lipinski definition) is 2. The molecule has 0 saturated carbocycles. The van der Waals surface area contributed by atoms with Gasteiger partial charge in [-0.15, -0.1) is 10.2 Å². The van der Waals surface area contributed by atoms with Gasteiger partial charge in [0.2, 0.25) is 0 Å². The summed E-state index contributed by atoms with van der Waals surface area (Å²) < 4.78 is 7.19. The van der Waals surface area contributed by atoms with Crippen molar-refractivity contribution in [1.82, 2.24) is 25.1 Å². The number of rotatable bonds is 7. The summed E-state index contributed by atoms with van der Waals surface area (Å²) in [6.45, 7) is 0.197. The van der Waals surface area contributed by atoms with E-state index in [0.717, 1.165) is 38.6 Å². The molecule has 0 bridgehead atoms. The topological polar surface area (TPSA) is 84.8 Å². The molecule has 0 radical (unpaired) electrons. The highest BCUT2D eigenvalue weighted by Crippen LogP contribution is 2.34. The van der Waals surface area contributed by atoms with Crippen molar-refractivity contribution in [3.63, 3.8) is 0 Å². The monoisotopic (exact) mass is 503 g/mol. The molecule has 0 saturated heterocycles. The zero-order valence-corrected chi connectivity index (χ0v) is 20.7. The Labute approximate surface area is 211 Å². The molecule has 0 aliphatic carbocycles. The molecule has 0 unspecified atom stereocenters. The third-order valence-electron chi connectivity index (χ3n) is 5.67. The molecule has 5 rings (SSSR count). The Bertz CT molecular complexity index is 1500. The highest BCUT2D eigenvalue weighted by molar-refractivity contribution is 7.98. The lowest BCUT2D eigenvalue weighted by atomic mass is 10.0. The van der Waals surface area contributed by atoms with Gasteiger partial charge in [0.1, 0.15) is 11.4 Å². The van der Waals surface area contributed by atoms with Crippen LogP contribution in [0.5, 0.6) is 5.75 Å². The number of aromatic nitrogens is 4. The van der Waals surface area contributed by atoms with Crippen LogP contribution in [0.2, 0.25) is 5.02 Å². The fraction of sp³-hybridized carbons (Fsp3) is 0.115. The number of ether oxygens (including phenoxy) is 1. The maximum atomic E-state index is 13.4. The molecule has 0 atom stereocenters. The van der Waals surface area contributed by atoms with Crippen LogP contribution in [-0.2, 0) is 6.54 Å². The lowest BCUT2D eigenvalue weighted by Crippen LogP contribution is -2.25. The van der Waals surface area contributed by atoms with Crippen LogP contribution in [0.4, 0.5) is 0 Å². The summed E-state index contributed by atoms with van der Waals surface area (Å²) in [7, 11) is 1.63. The van der Waals surface area contributed by atoms with Crippen molar-refractivity contribution in [3.8, 4) is 22.6 Å². The first kappa shape index (κ1) is 23.0. The van der Waals surface area contributed by atoms with Crippen molar-refractivity contribution in [1.29, 1.82) is 0 Å². The summed E-state index contributed by atoms with van der Waals surface area (Å²) in [6, 6.07) is 23.0. The van der Waals surface area contributed by atoms with Gasteiger partial charge in [0, 0.05) is 27.2 Å². The van der Waals surface area contributed by atoms with Crippen molar-refractivity contribution < 1.29 is 9.53 Å². The van der Waals surface area contributed by atoms with Crippen LogP contribution in [0.1, 0.15) is 16.3 Å².